The Morgan fingerprint density at radius 3 is 2.89 bits per heavy atom. The van der Waals surface area contributed by atoms with E-state index in [1.54, 1.807) is 12.1 Å². The summed E-state index contributed by atoms with van der Waals surface area (Å²) in [5.41, 5.74) is 1.11. The molecule has 1 N–H and O–H groups in total. The van der Waals surface area contributed by atoms with Crippen LogP contribution in [0.25, 0.3) is 0 Å². The molecule has 3 aromatic rings. The second-order valence-electron chi connectivity index (χ2n) is 5.66. The molecule has 8 heteroatoms. The Morgan fingerprint density at radius 2 is 2.04 bits per heavy atom. The molecule has 2 heterocycles. The number of nitrogens with zero attached hydrogens (tertiary/aromatic N) is 2. The van der Waals surface area contributed by atoms with Gasteiger partial charge in [0.25, 0.3) is 0 Å². The summed E-state index contributed by atoms with van der Waals surface area (Å²) in [6, 6.07) is 14.7. The van der Waals surface area contributed by atoms with Crippen LogP contribution in [0.1, 0.15) is 17.1 Å². The van der Waals surface area contributed by atoms with Crippen LogP contribution in [0.15, 0.2) is 46.9 Å². The van der Waals surface area contributed by atoms with Crippen molar-refractivity contribution in [1.29, 1.82) is 5.26 Å². The number of oxazole rings is 1. The number of nitrogens with one attached hydrogen (secondary N) is 1. The molecule has 2 aromatic carbocycles. The standard InChI is InChI=1S/C19H14ClN3O4/c20-13-3-1-2-4-15(13)24-10-18-23-14(8-21)19(27-18)22-9-12-5-6-16-17(7-12)26-11-25-16/h1-7,22H,9-11H2. The van der Waals surface area contributed by atoms with Crippen molar-refractivity contribution in [3.05, 3.63) is 64.6 Å². The first-order valence-corrected chi connectivity index (χ1v) is 8.50. The molecule has 0 unspecified atom stereocenters. The average molecular weight is 384 g/mol. The van der Waals surface area contributed by atoms with Gasteiger partial charge in [0.05, 0.1) is 5.02 Å². The lowest BCUT2D eigenvalue weighted by atomic mass is 10.2. The maximum Gasteiger partial charge on any atom is 0.236 e. The molecule has 0 amide bonds. The summed E-state index contributed by atoms with van der Waals surface area (Å²) in [5, 5.41) is 12.8. The number of ether oxygens (including phenoxy) is 3. The molecule has 1 aliphatic heterocycles. The minimum absolute atomic E-state index is 0.0596. The lowest BCUT2D eigenvalue weighted by molar-refractivity contribution is 0.174. The van der Waals surface area contributed by atoms with Crippen LogP contribution >= 0.6 is 11.6 Å². The van der Waals surface area contributed by atoms with Gasteiger partial charge in [0, 0.05) is 6.54 Å². The number of benzene rings is 2. The molecule has 7 nitrogen and oxygen atoms in total. The zero-order valence-electron chi connectivity index (χ0n) is 14.1. The predicted octanol–water partition coefficient (Wildman–Crippen LogP) is 4.12. The van der Waals surface area contributed by atoms with Gasteiger partial charge in [0.15, 0.2) is 18.1 Å². The topological polar surface area (TPSA) is 89.5 Å². The van der Waals surface area contributed by atoms with E-state index >= 15 is 0 Å². The number of fused-ring (bicyclic) bond motifs is 1. The van der Waals surface area contributed by atoms with E-state index < -0.39 is 0 Å². The largest absolute Gasteiger partial charge is 0.482 e. The maximum atomic E-state index is 9.27. The van der Waals surface area contributed by atoms with Crippen molar-refractivity contribution in [3.8, 4) is 23.3 Å². The Bertz CT molecular complexity index is 1010. The van der Waals surface area contributed by atoms with E-state index in [0.29, 0.717) is 23.1 Å². The van der Waals surface area contributed by atoms with Crippen LogP contribution in [-0.4, -0.2) is 11.8 Å². The summed E-state index contributed by atoms with van der Waals surface area (Å²) in [5.74, 6) is 2.50. The van der Waals surface area contributed by atoms with Crippen LogP contribution in [0.5, 0.6) is 17.2 Å². The van der Waals surface area contributed by atoms with Crippen LogP contribution in [0.2, 0.25) is 5.02 Å². The Balaban J connectivity index is 1.42. The van der Waals surface area contributed by atoms with Gasteiger partial charge in [0.1, 0.15) is 11.8 Å². The molecule has 0 fully saturated rings. The third-order valence-corrected chi connectivity index (χ3v) is 4.17. The van der Waals surface area contributed by atoms with Gasteiger partial charge in [-0.3, -0.25) is 0 Å². The van der Waals surface area contributed by atoms with Gasteiger partial charge in [-0.25, -0.2) is 0 Å². The lowest BCUT2D eigenvalue weighted by Crippen LogP contribution is -2.00. The zero-order valence-corrected chi connectivity index (χ0v) is 14.8. The van der Waals surface area contributed by atoms with Crippen molar-refractivity contribution in [2.24, 2.45) is 0 Å². The number of para-hydroxylation sites is 1. The van der Waals surface area contributed by atoms with Gasteiger partial charge in [0.2, 0.25) is 24.3 Å². The van der Waals surface area contributed by atoms with Crippen molar-refractivity contribution >= 4 is 17.5 Å². The Morgan fingerprint density at radius 1 is 1.19 bits per heavy atom. The molecular formula is C19H14ClN3O4. The van der Waals surface area contributed by atoms with Gasteiger partial charge in [-0.2, -0.15) is 10.2 Å². The summed E-state index contributed by atoms with van der Waals surface area (Å²) in [6.07, 6.45) is 0. The fourth-order valence-electron chi connectivity index (χ4n) is 2.56. The highest BCUT2D eigenvalue weighted by Crippen LogP contribution is 2.33. The fourth-order valence-corrected chi connectivity index (χ4v) is 2.75. The third kappa shape index (κ3) is 3.76. The first kappa shape index (κ1) is 17.1. The molecule has 0 saturated heterocycles. The number of rotatable bonds is 6. The third-order valence-electron chi connectivity index (χ3n) is 3.86. The molecule has 4 rings (SSSR count). The van der Waals surface area contributed by atoms with E-state index in [0.717, 1.165) is 11.3 Å². The van der Waals surface area contributed by atoms with Crippen LogP contribution < -0.4 is 19.5 Å². The fraction of sp³-hybridized carbons (Fsp3) is 0.158. The van der Waals surface area contributed by atoms with Crippen LogP contribution in [0.3, 0.4) is 0 Å². The number of hydrogen-bond acceptors (Lipinski definition) is 7. The molecule has 1 aliphatic rings. The molecule has 0 radical (unpaired) electrons. The minimum Gasteiger partial charge on any atom is -0.482 e. The quantitative estimate of drug-likeness (QED) is 0.684. The molecule has 0 saturated carbocycles. The monoisotopic (exact) mass is 383 g/mol. The minimum atomic E-state index is 0.0596. The first-order chi connectivity index (χ1) is 13.2. The van der Waals surface area contributed by atoms with E-state index in [1.807, 2.05) is 36.4 Å². The summed E-state index contributed by atoms with van der Waals surface area (Å²) >= 11 is 6.05. The zero-order chi connectivity index (χ0) is 18.6. The van der Waals surface area contributed by atoms with Crippen LogP contribution in [0, 0.1) is 11.3 Å². The summed E-state index contributed by atoms with van der Waals surface area (Å²) in [4.78, 5) is 4.14. The molecular weight excluding hydrogens is 370 g/mol. The number of anilines is 1. The van der Waals surface area contributed by atoms with Crippen molar-refractivity contribution in [3.63, 3.8) is 0 Å². The van der Waals surface area contributed by atoms with Gasteiger partial charge < -0.3 is 23.9 Å². The normalized spacial score (nSPS) is 11.9. The summed E-state index contributed by atoms with van der Waals surface area (Å²) < 4.78 is 21.9. The predicted molar refractivity (Wildman–Crippen MR) is 96.9 cm³/mol. The van der Waals surface area contributed by atoms with Gasteiger partial charge in [-0.15, -0.1) is 0 Å². The second-order valence-corrected chi connectivity index (χ2v) is 6.06. The van der Waals surface area contributed by atoms with Gasteiger partial charge >= 0.3 is 0 Å². The Hall–Kier alpha value is -3.37. The van der Waals surface area contributed by atoms with E-state index in [-0.39, 0.29) is 30.9 Å². The molecule has 27 heavy (non-hydrogen) atoms. The smallest absolute Gasteiger partial charge is 0.236 e. The highest BCUT2D eigenvalue weighted by molar-refractivity contribution is 6.32. The number of halogens is 1. The molecule has 136 valence electrons. The SMILES string of the molecule is N#Cc1nc(COc2ccccc2Cl)oc1NCc1ccc2c(c1)OCO2. The first-order valence-electron chi connectivity index (χ1n) is 8.12. The van der Waals surface area contributed by atoms with Crippen LogP contribution in [-0.2, 0) is 13.2 Å². The lowest BCUT2D eigenvalue weighted by Gasteiger charge is -2.05. The van der Waals surface area contributed by atoms with Gasteiger partial charge in [-0.1, -0.05) is 29.8 Å². The number of hydrogen-bond donors (Lipinski definition) is 1. The second kappa shape index (κ2) is 7.48. The van der Waals surface area contributed by atoms with Crippen molar-refractivity contribution in [2.45, 2.75) is 13.2 Å². The number of aromatic nitrogens is 1. The van der Waals surface area contributed by atoms with E-state index in [1.165, 1.54) is 0 Å². The van der Waals surface area contributed by atoms with Crippen molar-refractivity contribution < 1.29 is 18.6 Å². The Labute approximate surface area is 160 Å². The van der Waals surface area contributed by atoms with E-state index in [9.17, 15) is 5.26 Å². The summed E-state index contributed by atoms with van der Waals surface area (Å²) in [6.45, 7) is 0.719. The van der Waals surface area contributed by atoms with Crippen molar-refractivity contribution in [2.75, 3.05) is 12.1 Å². The highest BCUT2D eigenvalue weighted by Gasteiger charge is 2.16. The summed E-state index contributed by atoms with van der Waals surface area (Å²) in [7, 11) is 0. The molecule has 0 spiro atoms. The molecule has 1 aromatic heterocycles. The van der Waals surface area contributed by atoms with E-state index in [4.69, 9.17) is 30.2 Å². The maximum absolute atomic E-state index is 9.27. The van der Waals surface area contributed by atoms with E-state index in [2.05, 4.69) is 10.3 Å². The Kier molecular flexibility index (Phi) is 4.73. The number of nitriles is 1. The highest BCUT2D eigenvalue weighted by atomic mass is 35.5. The molecule has 0 bridgehead atoms. The average Bonchev–Trinajstić information content (AvgIpc) is 3.31. The molecule has 0 atom stereocenters. The van der Waals surface area contributed by atoms with Crippen molar-refractivity contribution in [1.82, 2.24) is 4.98 Å². The van der Waals surface area contributed by atoms with Gasteiger partial charge in [-0.05, 0) is 29.8 Å². The molecule has 0 aliphatic carbocycles. The van der Waals surface area contributed by atoms with Crippen LogP contribution in [0.4, 0.5) is 5.88 Å².